The van der Waals surface area contributed by atoms with Crippen molar-refractivity contribution < 1.29 is 38.8 Å². The number of ether oxygens (including phenoxy) is 3. The quantitative estimate of drug-likeness (QED) is 0.360. The molecule has 4 aliphatic rings. The highest BCUT2D eigenvalue weighted by atomic mass is 16.7. The predicted molar refractivity (Wildman–Crippen MR) is 132 cm³/mol. The molecule has 3 fully saturated rings. The van der Waals surface area contributed by atoms with Crippen molar-refractivity contribution in [2.45, 2.75) is 83.6 Å². The molecule has 0 unspecified atom stereocenters. The standard InChI is InChI=1S/C29H36O8/c1-14-12-29-25(35-17(4)30)15(2)13-28(29,37-29)24(33)16(3)22(32)19-20(27(19,5)6)23(21(14)31)36-26(34)18-10-8-7-9-11-18/h7-12,15-16,19-23,25,31-32H,13H2,1-6H3/b14-12+/t15-,16+,19-,20+,21+,22-,23+,25-,28-,29-/m0/s1. The first-order valence-electron chi connectivity index (χ1n) is 13.0. The molecule has 37 heavy (non-hydrogen) atoms. The van der Waals surface area contributed by atoms with Gasteiger partial charge in [0.05, 0.1) is 11.7 Å². The molecule has 0 aromatic heterocycles. The van der Waals surface area contributed by atoms with Crippen molar-refractivity contribution >= 4 is 17.7 Å². The molecule has 3 aliphatic carbocycles. The summed E-state index contributed by atoms with van der Waals surface area (Å²) in [5.41, 5.74) is -2.17. The molecule has 5 rings (SSSR count). The number of epoxide rings is 1. The average Bonchev–Trinajstić information content (AvgIpc) is 3.64. The fraction of sp³-hybridized carbons (Fsp3) is 0.621. The van der Waals surface area contributed by atoms with Gasteiger partial charge in [-0.2, -0.15) is 0 Å². The number of carbonyl (C=O) groups excluding carboxylic acids is 3. The number of aliphatic hydroxyl groups is 2. The maximum Gasteiger partial charge on any atom is 0.338 e. The highest BCUT2D eigenvalue weighted by Crippen LogP contribution is 2.68. The van der Waals surface area contributed by atoms with Gasteiger partial charge in [-0.05, 0) is 54.4 Å². The molecule has 1 aliphatic heterocycles. The number of fused-ring (bicyclic) bond motifs is 1. The molecule has 2 saturated carbocycles. The molecule has 0 radical (unpaired) electrons. The zero-order valence-corrected chi connectivity index (χ0v) is 22.1. The van der Waals surface area contributed by atoms with Gasteiger partial charge in [0.2, 0.25) is 0 Å². The summed E-state index contributed by atoms with van der Waals surface area (Å²) >= 11 is 0. The van der Waals surface area contributed by atoms with Crippen molar-refractivity contribution in [1.29, 1.82) is 0 Å². The Labute approximate surface area is 217 Å². The zero-order valence-electron chi connectivity index (χ0n) is 22.1. The Bertz CT molecular complexity index is 1160. The first-order valence-corrected chi connectivity index (χ1v) is 13.0. The van der Waals surface area contributed by atoms with Crippen LogP contribution in [0.15, 0.2) is 42.0 Å². The summed E-state index contributed by atoms with van der Waals surface area (Å²) in [6, 6.07) is 8.54. The minimum Gasteiger partial charge on any atom is -0.459 e. The summed E-state index contributed by atoms with van der Waals surface area (Å²) in [7, 11) is 0. The number of esters is 2. The summed E-state index contributed by atoms with van der Waals surface area (Å²) < 4.78 is 17.8. The molecule has 0 spiro atoms. The van der Waals surface area contributed by atoms with Crippen LogP contribution >= 0.6 is 0 Å². The van der Waals surface area contributed by atoms with Crippen LogP contribution in [-0.2, 0) is 23.8 Å². The number of ketones is 1. The van der Waals surface area contributed by atoms with Gasteiger partial charge in [0, 0.05) is 18.8 Å². The normalized spacial score (nSPS) is 45.2. The number of rotatable bonds is 3. The lowest BCUT2D eigenvalue weighted by atomic mass is 9.80. The lowest BCUT2D eigenvalue weighted by Crippen LogP contribution is -2.42. The molecule has 1 saturated heterocycles. The third-order valence-electron chi connectivity index (χ3n) is 9.29. The lowest BCUT2D eigenvalue weighted by Gasteiger charge is -2.28. The molecular weight excluding hydrogens is 476 g/mol. The first kappa shape index (κ1) is 26.1. The fourth-order valence-corrected chi connectivity index (χ4v) is 7.30. The van der Waals surface area contributed by atoms with Crippen LogP contribution in [0.4, 0.5) is 0 Å². The van der Waals surface area contributed by atoms with E-state index in [1.165, 1.54) is 6.92 Å². The molecule has 1 heterocycles. The topological polar surface area (TPSA) is 123 Å². The van der Waals surface area contributed by atoms with Gasteiger partial charge in [0.25, 0.3) is 0 Å². The second kappa shape index (κ2) is 8.48. The van der Waals surface area contributed by atoms with E-state index >= 15 is 0 Å². The number of hydrogen-bond acceptors (Lipinski definition) is 8. The second-order valence-corrected chi connectivity index (χ2v) is 12.0. The molecule has 10 atom stereocenters. The van der Waals surface area contributed by atoms with E-state index in [4.69, 9.17) is 14.2 Å². The van der Waals surface area contributed by atoms with Gasteiger partial charge < -0.3 is 24.4 Å². The third-order valence-corrected chi connectivity index (χ3v) is 9.29. The van der Waals surface area contributed by atoms with E-state index in [1.54, 1.807) is 50.3 Å². The van der Waals surface area contributed by atoms with Crippen LogP contribution in [0.25, 0.3) is 0 Å². The van der Waals surface area contributed by atoms with E-state index in [0.29, 0.717) is 17.6 Å². The van der Waals surface area contributed by atoms with Crippen molar-refractivity contribution in [2.75, 3.05) is 0 Å². The summed E-state index contributed by atoms with van der Waals surface area (Å²) in [5, 5.41) is 23.1. The monoisotopic (exact) mass is 512 g/mol. The van der Waals surface area contributed by atoms with Gasteiger partial charge in [-0.1, -0.05) is 45.9 Å². The largest absolute Gasteiger partial charge is 0.459 e. The van der Waals surface area contributed by atoms with Crippen molar-refractivity contribution in [2.24, 2.45) is 29.1 Å². The molecule has 8 nitrogen and oxygen atoms in total. The molecule has 1 aromatic carbocycles. The molecule has 1 aromatic rings. The van der Waals surface area contributed by atoms with E-state index in [9.17, 15) is 24.6 Å². The van der Waals surface area contributed by atoms with Crippen LogP contribution in [-0.4, -0.2) is 63.6 Å². The Morgan fingerprint density at radius 3 is 2.32 bits per heavy atom. The minimum atomic E-state index is -1.25. The van der Waals surface area contributed by atoms with Crippen molar-refractivity contribution in [3.05, 3.63) is 47.5 Å². The zero-order chi connectivity index (χ0) is 27.1. The molecule has 8 heteroatoms. The SMILES string of the molecule is CC(=O)O[C@H]1[C@@H](C)C[C@@]23O[C@@]12/C=C(\C)[C@@H](O)[C@H](OC(=O)c1ccccc1)[C@H]1[C@@H]([C@@H](O)[C@@H](C)C3=O)C1(C)C. The lowest BCUT2D eigenvalue weighted by molar-refractivity contribution is -0.151. The predicted octanol–water partition coefficient (Wildman–Crippen LogP) is 2.85. The number of benzene rings is 1. The minimum absolute atomic E-state index is 0.174. The van der Waals surface area contributed by atoms with Crippen molar-refractivity contribution in [1.82, 2.24) is 0 Å². The van der Waals surface area contributed by atoms with Gasteiger partial charge in [0.15, 0.2) is 17.0 Å². The van der Waals surface area contributed by atoms with Gasteiger partial charge >= 0.3 is 11.9 Å². The molecule has 0 bridgehead atoms. The molecule has 0 amide bonds. The Hall–Kier alpha value is -2.55. The number of hydrogen-bond donors (Lipinski definition) is 2. The second-order valence-electron chi connectivity index (χ2n) is 12.0. The Morgan fingerprint density at radius 1 is 1.05 bits per heavy atom. The Balaban J connectivity index is 1.59. The van der Waals surface area contributed by atoms with Gasteiger partial charge in [-0.15, -0.1) is 0 Å². The third kappa shape index (κ3) is 3.71. The van der Waals surface area contributed by atoms with Crippen molar-refractivity contribution in [3.63, 3.8) is 0 Å². The van der Waals surface area contributed by atoms with E-state index < -0.39 is 58.9 Å². The first-order chi connectivity index (χ1) is 17.3. The van der Waals surface area contributed by atoms with E-state index in [-0.39, 0.29) is 23.5 Å². The van der Waals surface area contributed by atoms with Gasteiger partial charge in [-0.25, -0.2) is 4.79 Å². The number of aliphatic hydroxyl groups excluding tert-OH is 2. The molecular formula is C29H36O8. The van der Waals surface area contributed by atoms with E-state index in [2.05, 4.69) is 0 Å². The Kier molecular flexibility index (Phi) is 5.98. The molecule has 2 N–H and O–H groups in total. The maximum atomic E-state index is 13.9. The summed E-state index contributed by atoms with van der Waals surface area (Å²) in [5.74, 6) is -3.00. The van der Waals surface area contributed by atoms with Gasteiger partial charge in [-0.3, -0.25) is 9.59 Å². The summed E-state index contributed by atoms with van der Waals surface area (Å²) in [4.78, 5) is 38.9. The van der Waals surface area contributed by atoms with Gasteiger partial charge in [0.1, 0.15) is 18.3 Å². The van der Waals surface area contributed by atoms with Crippen molar-refractivity contribution in [3.8, 4) is 0 Å². The van der Waals surface area contributed by atoms with E-state index in [1.807, 2.05) is 20.8 Å². The average molecular weight is 513 g/mol. The number of carbonyl (C=O) groups is 3. The van der Waals surface area contributed by atoms with Crippen LogP contribution in [0.3, 0.4) is 0 Å². The smallest absolute Gasteiger partial charge is 0.338 e. The van der Waals surface area contributed by atoms with E-state index in [0.717, 1.165) is 0 Å². The summed E-state index contributed by atoms with van der Waals surface area (Å²) in [6.07, 6.45) is -1.92. The van der Waals surface area contributed by atoms with Crippen LogP contribution in [0.5, 0.6) is 0 Å². The van der Waals surface area contributed by atoms with Crippen LogP contribution in [0.1, 0.15) is 58.3 Å². The Morgan fingerprint density at radius 2 is 1.70 bits per heavy atom. The highest BCUT2D eigenvalue weighted by Gasteiger charge is 2.83. The maximum absolute atomic E-state index is 13.9. The highest BCUT2D eigenvalue weighted by molar-refractivity contribution is 5.96. The molecule has 200 valence electrons. The van der Waals surface area contributed by atoms with Crippen LogP contribution < -0.4 is 0 Å². The fourth-order valence-electron chi connectivity index (χ4n) is 7.30. The van der Waals surface area contributed by atoms with Crippen LogP contribution in [0.2, 0.25) is 0 Å². The summed E-state index contributed by atoms with van der Waals surface area (Å²) in [6.45, 7) is 10.5. The number of Topliss-reactive ketones (excluding diaryl/α,β-unsaturated/α-hetero) is 1. The van der Waals surface area contributed by atoms with Crippen LogP contribution in [0, 0.1) is 29.1 Å².